The fourth-order valence-corrected chi connectivity index (χ4v) is 3.54. The Labute approximate surface area is 164 Å². The molecule has 0 saturated carbocycles. The van der Waals surface area contributed by atoms with Gasteiger partial charge < -0.3 is 35.0 Å². The summed E-state index contributed by atoms with van der Waals surface area (Å²) in [6, 6.07) is 8.54. The highest BCUT2D eigenvalue weighted by atomic mass is 16.7. The van der Waals surface area contributed by atoms with E-state index in [-0.39, 0.29) is 28.0 Å². The molecule has 5 atom stereocenters. The highest BCUT2D eigenvalue weighted by Gasteiger charge is 2.45. The first-order chi connectivity index (χ1) is 13.8. The van der Waals surface area contributed by atoms with E-state index in [1.807, 2.05) is 0 Å². The zero-order chi connectivity index (χ0) is 20.9. The largest absolute Gasteiger partial charge is 0.507 e. The van der Waals surface area contributed by atoms with E-state index in [1.54, 1.807) is 12.1 Å². The third-order valence-electron chi connectivity index (χ3n) is 5.08. The SMILES string of the molecule is O=C1c2ccccc2C(=O)c2c(O)cc(O[C@@H]3O[C@H](CO)[C@@H](O)[C@H](O)[C@H]3O)cc21. The van der Waals surface area contributed by atoms with Gasteiger partial charge >= 0.3 is 0 Å². The molecule has 1 saturated heterocycles. The molecule has 2 aromatic rings. The van der Waals surface area contributed by atoms with Gasteiger partial charge in [0, 0.05) is 22.8 Å². The van der Waals surface area contributed by atoms with Gasteiger partial charge in [0.05, 0.1) is 12.2 Å². The molecule has 0 bridgehead atoms. The molecular weight excluding hydrogens is 384 g/mol. The van der Waals surface area contributed by atoms with Crippen LogP contribution in [0.4, 0.5) is 0 Å². The molecule has 0 unspecified atom stereocenters. The second kappa shape index (κ2) is 7.21. The molecule has 1 fully saturated rings. The summed E-state index contributed by atoms with van der Waals surface area (Å²) in [6.07, 6.45) is -7.54. The van der Waals surface area contributed by atoms with E-state index in [4.69, 9.17) is 9.47 Å². The zero-order valence-corrected chi connectivity index (χ0v) is 14.9. The Morgan fingerprint density at radius 1 is 0.897 bits per heavy atom. The highest BCUT2D eigenvalue weighted by Crippen LogP contribution is 2.37. The van der Waals surface area contributed by atoms with Crippen LogP contribution in [0.1, 0.15) is 31.8 Å². The number of hydrogen-bond acceptors (Lipinski definition) is 9. The number of fused-ring (bicyclic) bond motifs is 2. The van der Waals surface area contributed by atoms with Crippen molar-refractivity contribution >= 4 is 11.6 Å². The lowest BCUT2D eigenvalue weighted by Gasteiger charge is -2.39. The van der Waals surface area contributed by atoms with E-state index in [9.17, 15) is 35.1 Å². The zero-order valence-electron chi connectivity index (χ0n) is 14.9. The number of aliphatic hydroxyl groups excluding tert-OH is 4. The summed E-state index contributed by atoms with van der Waals surface area (Å²) >= 11 is 0. The summed E-state index contributed by atoms with van der Waals surface area (Å²) in [5.74, 6) is -1.59. The van der Waals surface area contributed by atoms with E-state index in [0.717, 1.165) is 6.07 Å². The summed E-state index contributed by atoms with van der Waals surface area (Å²) in [6.45, 7) is -0.635. The monoisotopic (exact) mass is 402 g/mol. The molecule has 1 aliphatic heterocycles. The van der Waals surface area contributed by atoms with Crippen LogP contribution in [0, 0.1) is 0 Å². The van der Waals surface area contributed by atoms with Crippen LogP contribution < -0.4 is 4.74 Å². The Hall–Kier alpha value is -2.82. The Kier molecular flexibility index (Phi) is 4.85. The maximum absolute atomic E-state index is 12.8. The van der Waals surface area contributed by atoms with Crippen molar-refractivity contribution in [2.75, 3.05) is 6.61 Å². The molecule has 1 aliphatic carbocycles. The van der Waals surface area contributed by atoms with E-state index in [0.29, 0.717) is 0 Å². The van der Waals surface area contributed by atoms with Crippen LogP contribution in [0.15, 0.2) is 36.4 Å². The number of carbonyl (C=O) groups excluding carboxylic acids is 2. The van der Waals surface area contributed by atoms with E-state index in [1.165, 1.54) is 18.2 Å². The van der Waals surface area contributed by atoms with Gasteiger partial charge in [0.15, 0.2) is 11.6 Å². The van der Waals surface area contributed by atoms with Crippen LogP contribution in [0.3, 0.4) is 0 Å². The quantitative estimate of drug-likeness (QED) is 0.384. The molecule has 2 aliphatic rings. The van der Waals surface area contributed by atoms with Gasteiger partial charge in [0.2, 0.25) is 6.29 Å². The Morgan fingerprint density at radius 3 is 2.21 bits per heavy atom. The first-order valence-electron chi connectivity index (χ1n) is 8.86. The third-order valence-corrected chi connectivity index (χ3v) is 5.08. The van der Waals surface area contributed by atoms with Gasteiger partial charge in [0.1, 0.15) is 35.9 Å². The highest BCUT2D eigenvalue weighted by molar-refractivity contribution is 6.29. The Bertz CT molecular complexity index is 984. The van der Waals surface area contributed by atoms with Crippen molar-refractivity contribution in [2.45, 2.75) is 30.7 Å². The fraction of sp³-hybridized carbons (Fsp3) is 0.300. The fourth-order valence-electron chi connectivity index (χ4n) is 3.54. The number of aromatic hydroxyl groups is 1. The lowest BCUT2D eigenvalue weighted by atomic mass is 9.83. The molecule has 2 aromatic carbocycles. The van der Waals surface area contributed by atoms with Crippen molar-refractivity contribution in [1.29, 1.82) is 0 Å². The van der Waals surface area contributed by atoms with Gasteiger partial charge in [-0.05, 0) is 6.07 Å². The number of rotatable bonds is 3. The lowest BCUT2D eigenvalue weighted by Crippen LogP contribution is -2.60. The number of aliphatic hydroxyl groups is 4. The van der Waals surface area contributed by atoms with E-state index in [2.05, 4.69) is 0 Å². The maximum Gasteiger partial charge on any atom is 0.229 e. The molecule has 4 rings (SSSR count). The molecule has 9 nitrogen and oxygen atoms in total. The molecular formula is C20H18O9. The van der Waals surface area contributed by atoms with E-state index < -0.39 is 54.6 Å². The smallest absolute Gasteiger partial charge is 0.229 e. The topological polar surface area (TPSA) is 154 Å². The predicted molar refractivity (Wildman–Crippen MR) is 95.8 cm³/mol. The predicted octanol–water partition coefficient (Wildman–Crippen LogP) is -0.654. The third kappa shape index (κ3) is 3.09. The van der Waals surface area contributed by atoms with Crippen molar-refractivity contribution in [3.8, 4) is 11.5 Å². The van der Waals surface area contributed by atoms with Crippen LogP contribution in [-0.2, 0) is 4.74 Å². The van der Waals surface area contributed by atoms with Crippen LogP contribution in [0.2, 0.25) is 0 Å². The molecule has 152 valence electrons. The number of benzene rings is 2. The summed E-state index contributed by atoms with van der Waals surface area (Å²) in [5, 5.41) is 49.4. The van der Waals surface area contributed by atoms with E-state index >= 15 is 0 Å². The molecule has 1 heterocycles. The number of phenolic OH excluding ortho intramolecular Hbond substituents is 1. The summed E-state index contributed by atoms with van der Waals surface area (Å²) in [4.78, 5) is 25.5. The van der Waals surface area contributed by atoms with Gasteiger partial charge in [-0.1, -0.05) is 24.3 Å². The molecule has 0 amide bonds. The number of ether oxygens (including phenoxy) is 2. The number of ketones is 2. The number of phenols is 1. The molecule has 0 radical (unpaired) electrons. The minimum absolute atomic E-state index is 0.0757. The summed E-state index contributed by atoms with van der Waals surface area (Å²) < 4.78 is 10.7. The normalized spacial score (nSPS) is 28.6. The second-order valence-corrected chi connectivity index (χ2v) is 6.88. The van der Waals surface area contributed by atoms with Gasteiger partial charge in [-0.15, -0.1) is 0 Å². The molecule has 0 aromatic heterocycles. The minimum atomic E-state index is -1.66. The molecule has 9 heteroatoms. The van der Waals surface area contributed by atoms with Gasteiger partial charge in [-0.2, -0.15) is 0 Å². The molecule has 0 spiro atoms. The van der Waals surface area contributed by atoms with Crippen LogP contribution >= 0.6 is 0 Å². The number of hydrogen-bond donors (Lipinski definition) is 5. The van der Waals surface area contributed by atoms with Crippen molar-refractivity contribution in [1.82, 2.24) is 0 Å². The van der Waals surface area contributed by atoms with Gasteiger partial charge in [-0.25, -0.2) is 0 Å². The van der Waals surface area contributed by atoms with Crippen molar-refractivity contribution in [2.24, 2.45) is 0 Å². The summed E-state index contributed by atoms with van der Waals surface area (Å²) in [7, 11) is 0. The number of carbonyl (C=O) groups is 2. The Morgan fingerprint density at radius 2 is 1.55 bits per heavy atom. The summed E-state index contributed by atoms with van der Waals surface area (Å²) in [5.41, 5.74) is 0.139. The first-order valence-corrected chi connectivity index (χ1v) is 8.86. The minimum Gasteiger partial charge on any atom is -0.507 e. The van der Waals surface area contributed by atoms with Gasteiger partial charge in [0.25, 0.3) is 0 Å². The molecule has 5 N–H and O–H groups in total. The van der Waals surface area contributed by atoms with Crippen molar-refractivity contribution < 1.29 is 44.6 Å². The van der Waals surface area contributed by atoms with Crippen molar-refractivity contribution in [3.63, 3.8) is 0 Å². The van der Waals surface area contributed by atoms with Crippen LogP contribution in [0.25, 0.3) is 0 Å². The maximum atomic E-state index is 12.8. The van der Waals surface area contributed by atoms with Crippen LogP contribution in [-0.4, -0.2) is 74.4 Å². The second-order valence-electron chi connectivity index (χ2n) is 6.88. The Balaban J connectivity index is 1.68. The average Bonchev–Trinajstić information content (AvgIpc) is 2.72. The van der Waals surface area contributed by atoms with Crippen LogP contribution in [0.5, 0.6) is 11.5 Å². The van der Waals surface area contributed by atoms with Gasteiger partial charge in [-0.3, -0.25) is 9.59 Å². The first kappa shape index (κ1) is 19.5. The average molecular weight is 402 g/mol. The lowest BCUT2D eigenvalue weighted by molar-refractivity contribution is -0.277. The standard InChI is InChI=1S/C20H18O9/c21-7-13-17(25)18(26)19(27)20(29-13)28-8-5-11-14(12(22)6-8)16(24)10-4-2-1-3-9(10)15(11)23/h1-6,13,17-22,25-27H,7H2/t13-,17-,18+,19-,20-/m1/s1. The molecule has 29 heavy (non-hydrogen) atoms. The van der Waals surface area contributed by atoms with Crippen molar-refractivity contribution in [3.05, 3.63) is 58.7 Å².